The highest BCUT2D eigenvalue weighted by molar-refractivity contribution is 7.90. The van der Waals surface area contributed by atoms with Gasteiger partial charge in [-0.05, 0) is 43.7 Å². The second-order valence-corrected chi connectivity index (χ2v) is 9.34. The summed E-state index contributed by atoms with van der Waals surface area (Å²) in [5, 5.41) is 2.92. The third-order valence-corrected chi connectivity index (χ3v) is 7.00. The van der Waals surface area contributed by atoms with Crippen molar-refractivity contribution in [3.05, 3.63) is 59.7 Å². The SMILES string of the molecule is Cl.Nc1ccccc1C(=O)NCCCCN1CCN(C2=NS(=O)(=O)c3ccccc32)CC1. The van der Waals surface area contributed by atoms with Crippen molar-refractivity contribution in [2.45, 2.75) is 17.7 Å². The third-order valence-electron chi connectivity index (χ3n) is 5.68. The summed E-state index contributed by atoms with van der Waals surface area (Å²) in [6, 6.07) is 14.1. The topological polar surface area (TPSA) is 108 Å². The van der Waals surface area contributed by atoms with E-state index in [9.17, 15) is 13.2 Å². The number of nitrogen functional groups attached to an aromatic ring is 1. The summed E-state index contributed by atoms with van der Waals surface area (Å²) in [7, 11) is -3.58. The van der Waals surface area contributed by atoms with E-state index in [2.05, 4.69) is 19.5 Å². The van der Waals surface area contributed by atoms with Crippen molar-refractivity contribution in [2.75, 3.05) is 45.0 Å². The highest BCUT2D eigenvalue weighted by Gasteiger charge is 2.32. The molecule has 1 amide bonds. The Kier molecular flexibility index (Phi) is 7.76. The van der Waals surface area contributed by atoms with Gasteiger partial charge >= 0.3 is 0 Å². The molecule has 2 aromatic carbocycles. The van der Waals surface area contributed by atoms with Crippen LogP contribution in [-0.2, 0) is 10.0 Å². The molecule has 172 valence electrons. The largest absolute Gasteiger partial charge is 0.398 e. The zero-order valence-electron chi connectivity index (χ0n) is 17.7. The van der Waals surface area contributed by atoms with Gasteiger partial charge in [-0.15, -0.1) is 16.8 Å². The maximum absolute atomic E-state index is 12.3. The van der Waals surface area contributed by atoms with Crippen molar-refractivity contribution in [2.24, 2.45) is 4.40 Å². The number of piperazine rings is 1. The molecule has 0 atom stereocenters. The Morgan fingerprint density at radius 3 is 2.44 bits per heavy atom. The van der Waals surface area contributed by atoms with Crippen LogP contribution in [0.2, 0.25) is 0 Å². The minimum absolute atomic E-state index is 0. The van der Waals surface area contributed by atoms with Gasteiger partial charge in [-0.3, -0.25) is 9.69 Å². The number of nitrogens with one attached hydrogen (secondary N) is 1. The number of nitrogens with zero attached hydrogens (tertiary/aromatic N) is 3. The first kappa shape index (κ1) is 24.0. The highest BCUT2D eigenvalue weighted by atomic mass is 35.5. The van der Waals surface area contributed by atoms with Crippen LogP contribution in [0.15, 0.2) is 57.8 Å². The number of sulfonamides is 1. The van der Waals surface area contributed by atoms with Crippen molar-refractivity contribution in [1.29, 1.82) is 0 Å². The number of halogens is 1. The molecule has 4 rings (SSSR count). The van der Waals surface area contributed by atoms with E-state index in [0.29, 0.717) is 34.1 Å². The average Bonchev–Trinajstić information content (AvgIpc) is 3.05. The average molecular weight is 478 g/mol. The van der Waals surface area contributed by atoms with Crippen LogP contribution in [0.25, 0.3) is 0 Å². The molecule has 0 radical (unpaired) electrons. The van der Waals surface area contributed by atoms with Crippen molar-refractivity contribution >= 4 is 39.9 Å². The number of hydrogen-bond donors (Lipinski definition) is 2. The summed E-state index contributed by atoms with van der Waals surface area (Å²) in [5.74, 6) is 0.428. The quantitative estimate of drug-likeness (QED) is 0.486. The van der Waals surface area contributed by atoms with E-state index >= 15 is 0 Å². The third kappa shape index (κ3) is 5.23. The van der Waals surface area contributed by atoms with Crippen LogP contribution in [0.1, 0.15) is 28.8 Å². The molecule has 0 bridgehead atoms. The molecule has 10 heteroatoms. The van der Waals surface area contributed by atoms with E-state index in [-0.39, 0.29) is 18.3 Å². The van der Waals surface area contributed by atoms with Crippen LogP contribution < -0.4 is 11.1 Å². The van der Waals surface area contributed by atoms with Gasteiger partial charge in [-0.2, -0.15) is 8.42 Å². The molecule has 2 aliphatic rings. The Labute approximate surface area is 195 Å². The van der Waals surface area contributed by atoms with Gasteiger partial charge in [0.2, 0.25) is 0 Å². The first-order valence-corrected chi connectivity index (χ1v) is 11.9. The standard InChI is InChI=1S/C22H27N5O3S.ClH/c23-19-9-3-1-7-17(19)22(28)24-11-5-6-12-26-13-15-27(16-14-26)21-18-8-2-4-10-20(18)31(29,30)25-21;/h1-4,7-10H,5-6,11-16,23H2,(H,24,28);1H. The van der Waals surface area contributed by atoms with E-state index < -0.39 is 10.0 Å². The van der Waals surface area contributed by atoms with E-state index in [1.54, 1.807) is 30.3 Å². The van der Waals surface area contributed by atoms with Gasteiger partial charge in [0.1, 0.15) is 4.90 Å². The molecule has 32 heavy (non-hydrogen) atoms. The zero-order chi connectivity index (χ0) is 21.8. The van der Waals surface area contributed by atoms with Gasteiger partial charge in [-0.25, -0.2) is 0 Å². The maximum Gasteiger partial charge on any atom is 0.285 e. The summed E-state index contributed by atoms with van der Waals surface area (Å²) >= 11 is 0. The number of anilines is 1. The highest BCUT2D eigenvalue weighted by Crippen LogP contribution is 2.27. The lowest BCUT2D eigenvalue weighted by Crippen LogP contribution is -2.48. The van der Waals surface area contributed by atoms with Gasteiger partial charge in [0.15, 0.2) is 5.84 Å². The predicted molar refractivity (Wildman–Crippen MR) is 128 cm³/mol. The fraction of sp³-hybridized carbons (Fsp3) is 0.364. The summed E-state index contributed by atoms with van der Waals surface area (Å²) in [5.41, 5.74) is 7.53. The van der Waals surface area contributed by atoms with E-state index in [0.717, 1.165) is 45.6 Å². The van der Waals surface area contributed by atoms with Gasteiger partial charge in [0.05, 0.1) is 5.56 Å². The molecule has 0 aromatic heterocycles. The maximum atomic E-state index is 12.3. The smallest absolute Gasteiger partial charge is 0.285 e. The van der Waals surface area contributed by atoms with Crippen LogP contribution in [-0.4, -0.2) is 69.2 Å². The Hall–Kier alpha value is -2.62. The summed E-state index contributed by atoms with van der Waals surface area (Å²) < 4.78 is 28.6. The number of unbranched alkanes of at least 4 members (excludes halogenated alkanes) is 1. The molecule has 1 saturated heterocycles. The fourth-order valence-corrected chi connectivity index (χ4v) is 5.19. The molecule has 2 aliphatic heterocycles. The fourth-order valence-electron chi connectivity index (χ4n) is 3.96. The van der Waals surface area contributed by atoms with E-state index in [4.69, 9.17) is 5.73 Å². The first-order chi connectivity index (χ1) is 15.0. The number of benzene rings is 2. The van der Waals surface area contributed by atoms with Crippen LogP contribution in [0, 0.1) is 0 Å². The number of carbonyl (C=O) groups is 1. The van der Waals surface area contributed by atoms with Gasteiger partial charge < -0.3 is 16.0 Å². The second kappa shape index (κ2) is 10.3. The minimum Gasteiger partial charge on any atom is -0.398 e. The van der Waals surface area contributed by atoms with Crippen LogP contribution in [0.3, 0.4) is 0 Å². The number of nitrogens with two attached hydrogens (primary N) is 1. The normalized spacial score (nSPS) is 17.2. The molecular formula is C22H28ClN5O3S. The molecule has 1 fully saturated rings. The number of amides is 1. The van der Waals surface area contributed by atoms with Gasteiger partial charge in [0, 0.05) is 44.0 Å². The lowest BCUT2D eigenvalue weighted by molar-refractivity contribution is 0.0953. The van der Waals surface area contributed by atoms with Crippen molar-refractivity contribution in [3.8, 4) is 0 Å². The monoisotopic (exact) mass is 477 g/mol. The number of para-hydroxylation sites is 1. The van der Waals surface area contributed by atoms with Gasteiger partial charge in [0.25, 0.3) is 15.9 Å². The lowest BCUT2D eigenvalue weighted by Gasteiger charge is -2.35. The van der Waals surface area contributed by atoms with Crippen LogP contribution in [0.4, 0.5) is 5.69 Å². The Morgan fingerprint density at radius 2 is 1.69 bits per heavy atom. The molecule has 0 spiro atoms. The van der Waals surface area contributed by atoms with Crippen molar-refractivity contribution in [3.63, 3.8) is 0 Å². The number of carbonyl (C=O) groups excluding carboxylic acids is 1. The zero-order valence-corrected chi connectivity index (χ0v) is 19.4. The lowest BCUT2D eigenvalue weighted by atomic mass is 10.1. The number of amidine groups is 1. The van der Waals surface area contributed by atoms with Crippen molar-refractivity contribution < 1.29 is 13.2 Å². The molecule has 2 aromatic rings. The Morgan fingerprint density at radius 1 is 1.00 bits per heavy atom. The molecule has 0 aliphatic carbocycles. The number of hydrogen-bond acceptors (Lipinski definition) is 6. The van der Waals surface area contributed by atoms with Crippen molar-refractivity contribution in [1.82, 2.24) is 15.1 Å². The summed E-state index contributed by atoms with van der Waals surface area (Å²) in [4.78, 5) is 16.9. The first-order valence-electron chi connectivity index (χ1n) is 10.5. The van der Waals surface area contributed by atoms with E-state index in [1.807, 2.05) is 18.2 Å². The predicted octanol–water partition coefficient (Wildman–Crippen LogP) is 1.97. The molecule has 2 heterocycles. The van der Waals surface area contributed by atoms with Gasteiger partial charge in [-0.1, -0.05) is 24.3 Å². The van der Waals surface area contributed by atoms with Crippen LogP contribution in [0.5, 0.6) is 0 Å². The molecule has 8 nitrogen and oxygen atoms in total. The Bertz CT molecular complexity index is 1100. The molecular weight excluding hydrogens is 450 g/mol. The molecule has 0 unspecified atom stereocenters. The summed E-state index contributed by atoms with van der Waals surface area (Å²) in [6.07, 6.45) is 1.86. The number of rotatable bonds is 6. The van der Waals surface area contributed by atoms with Crippen LogP contribution >= 0.6 is 12.4 Å². The Balaban J connectivity index is 0.00000289. The molecule has 0 saturated carbocycles. The van der Waals surface area contributed by atoms with E-state index in [1.165, 1.54) is 0 Å². The minimum atomic E-state index is -3.58. The molecule has 3 N–H and O–H groups in total. The second-order valence-electron chi connectivity index (χ2n) is 7.77. The number of fused-ring (bicyclic) bond motifs is 1. The summed E-state index contributed by atoms with van der Waals surface area (Å²) in [6.45, 7) is 4.75.